The average molecular weight is 540 g/mol. The lowest BCUT2D eigenvalue weighted by molar-refractivity contribution is -0.128. The third kappa shape index (κ3) is 6.00. The Hall–Kier alpha value is -3.66. The van der Waals surface area contributed by atoms with Crippen molar-refractivity contribution in [2.24, 2.45) is 11.7 Å². The molecule has 0 spiro atoms. The Kier molecular flexibility index (Phi) is 8.02. The van der Waals surface area contributed by atoms with Crippen molar-refractivity contribution >= 4 is 28.8 Å². The third-order valence-electron chi connectivity index (χ3n) is 8.15. The molecule has 5 rings (SSSR count). The molecule has 2 amide bonds. The maximum absolute atomic E-state index is 13.4. The Balaban J connectivity index is 1.13. The van der Waals surface area contributed by atoms with Crippen molar-refractivity contribution in [3.63, 3.8) is 0 Å². The zero-order valence-corrected chi connectivity index (χ0v) is 21.5. The molecule has 0 radical (unpaired) electrons. The van der Waals surface area contributed by atoms with Crippen molar-refractivity contribution in [2.45, 2.75) is 56.5 Å². The number of pyridine rings is 1. The summed E-state index contributed by atoms with van der Waals surface area (Å²) in [6, 6.07) is 3.38. The first-order chi connectivity index (χ1) is 18.8. The van der Waals surface area contributed by atoms with E-state index in [1.165, 1.54) is 17.7 Å². The number of halogens is 3. The zero-order chi connectivity index (χ0) is 27.5. The van der Waals surface area contributed by atoms with Crippen LogP contribution in [0.5, 0.6) is 0 Å². The quantitative estimate of drug-likeness (QED) is 0.306. The minimum absolute atomic E-state index is 0.00763. The zero-order valence-electron chi connectivity index (χ0n) is 21.5. The van der Waals surface area contributed by atoms with Gasteiger partial charge in [-0.15, -0.1) is 0 Å². The number of carbonyl (C=O) groups is 2. The molecule has 1 atom stereocenters. The van der Waals surface area contributed by atoms with E-state index in [2.05, 4.69) is 21.5 Å². The van der Waals surface area contributed by atoms with Crippen LogP contribution >= 0.6 is 0 Å². The molecule has 1 aromatic carbocycles. The van der Waals surface area contributed by atoms with Gasteiger partial charge in [0, 0.05) is 54.7 Å². The highest BCUT2D eigenvalue weighted by Gasteiger charge is 2.34. The van der Waals surface area contributed by atoms with Crippen LogP contribution in [0.15, 0.2) is 42.9 Å². The predicted octanol–water partition coefficient (Wildman–Crippen LogP) is 4.40. The minimum Gasteiger partial charge on any atom is -0.368 e. The van der Waals surface area contributed by atoms with E-state index in [0.29, 0.717) is 31.8 Å². The summed E-state index contributed by atoms with van der Waals surface area (Å²) in [5, 5.41) is 4.68. The highest BCUT2D eigenvalue weighted by Crippen LogP contribution is 2.37. The molecule has 1 aliphatic carbocycles. The summed E-state index contributed by atoms with van der Waals surface area (Å²) in [5.74, 6) is -4.41. The average Bonchev–Trinajstić information content (AvgIpc) is 3.38. The second kappa shape index (κ2) is 11.6. The van der Waals surface area contributed by atoms with E-state index < -0.39 is 23.5 Å². The van der Waals surface area contributed by atoms with E-state index in [1.54, 1.807) is 11.1 Å². The summed E-state index contributed by atoms with van der Waals surface area (Å²) in [7, 11) is 0. The fourth-order valence-corrected chi connectivity index (χ4v) is 5.99. The number of benzene rings is 1. The van der Waals surface area contributed by atoms with Crippen LogP contribution < -0.4 is 11.1 Å². The van der Waals surface area contributed by atoms with Crippen molar-refractivity contribution in [3.05, 3.63) is 71.4 Å². The molecular formula is C29H32F3N5O2. The lowest BCUT2D eigenvalue weighted by Gasteiger charge is -2.38. The number of rotatable bonds is 7. The molecule has 4 N–H and O–H groups in total. The molecule has 0 bridgehead atoms. The highest BCUT2D eigenvalue weighted by atomic mass is 19.2. The van der Waals surface area contributed by atoms with Gasteiger partial charge in [0.25, 0.3) is 0 Å². The Morgan fingerprint density at radius 3 is 2.44 bits per heavy atom. The summed E-state index contributed by atoms with van der Waals surface area (Å²) >= 11 is 0. The summed E-state index contributed by atoms with van der Waals surface area (Å²) in [4.78, 5) is 34.2. The van der Waals surface area contributed by atoms with Gasteiger partial charge in [0.05, 0.1) is 6.04 Å². The Labute approximate surface area is 224 Å². The number of fused-ring (bicyclic) bond motifs is 1. The molecule has 10 heteroatoms. The summed E-state index contributed by atoms with van der Waals surface area (Å²) in [6.07, 6.45) is 13.4. The number of nitrogens with one attached hydrogen (secondary N) is 2. The van der Waals surface area contributed by atoms with Crippen LogP contribution in [0.3, 0.4) is 0 Å². The largest absolute Gasteiger partial charge is 0.368 e. The number of amides is 2. The molecule has 3 heterocycles. The number of primary amides is 1. The predicted molar refractivity (Wildman–Crippen MR) is 142 cm³/mol. The van der Waals surface area contributed by atoms with E-state index in [0.717, 1.165) is 48.7 Å². The van der Waals surface area contributed by atoms with Crippen LogP contribution in [0.4, 0.5) is 13.2 Å². The molecule has 2 fully saturated rings. The Bertz CT molecular complexity index is 1350. The monoisotopic (exact) mass is 539 g/mol. The summed E-state index contributed by atoms with van der Waals surface area (Å²) < 4.78 is 40.0. The van der Waals surface area contributed by atoms with Gasteiger partial charge < -0.3 is 20.9 Å². The van der Waals surface area contributed by atoms with Crippen molar-refractivity contribution in [3.8, 4) is 0 Å². The first-order valence-electron chi connectivity index (χ1n) is 13.4. The Morgan fingerprint density at radius 2 is 1.77 bits per heavy atom. The molecule has 1 aliphatic heterocycles. The van der Waals surface area contributed by atoms with Gasteiger partial charge in [-0.3, -0.25) is 14.6 Å². The molecule has 2 aromatic heterocycles. The van der Waals surface area contributed by atoms with Gasteiger partial charge >= 0.3 is 0 Å². The van der Waals surface area contributed by atoms with Crippen LogP contribution in [-0.2, 0) is 9.59 Å². The molecule has 39 heavy (non-hydrogen) atoms. The second-order valence-electron chi connectivity index (χ2n) is 10.6. The molecule has 1 saturated heterocycles. The molecule has 0 unspecified atom stereocenters. The van der Waals surface area contributed by atoms with Crippen molar-refractivity contribution in [1.82, 2.24) is 20.2 Å². The summed E-state index contributed by atoms with van der Waals surface area (Å²) in [5.41, 5.74) is 8.25. The van der Waals surface area contributed by atoms with Gasteiger partial charge in [0.15, 0.2) is 17.5 Å². The number of nitrogens with zero attached hydrogens (tertiary/aromatic N) is 2. The smallest absolute Gasteiger partial charge is 0.246 e. The standard InChI is InChI=1S/C29H32F3N5O2/c30-23-13-17(14-24(31)27(23)32)1-6-26(38)37-11-8-19(9-12-37)28(29(33)39)36-20-4-2-18(3-5-20)21-16-35-25-7-10-34-15-22(21)25/h1,6-7,10,13-16,18-20,28,35-36H,2-5,8-9,11-12H2,(H2,33,39)/b6-1+/t18-,20-,28-/m1/s1. The topological polar surface area (TPSA) is 104 Å². The van der Waals surface area contributed by atoms with E-state index in [1.807, 2.05) is 12.3 Å². The van der Waals surface area contributed by atoms with Gasteiger partial charge in [-0.25, -0.2) is 13.2 Å². The fourth-order valence-electron chi connectivity index (χ4n) is 5.99. The van der Waals surface area contributed by atoms with E-state index in [-0.39, 0.29) is 29.3 Å². The van der Waals surface area contributed by atoms with E-state index in [4.69, 9.17) is 5.73 Å². The number of aromatic amines is 1. The second-order valence-corrected chi connectivity index (χ2v) is 10.6. The normalized spacial score (nSPS) is 21.5. The number of H-pyrrole nitrogens is 1. The van der Waals surface area contributed by atoms with Crippen molar-refractivity contribution in [2.75, 3.05) is 13.1 Å². The van der Waals surface area contributed by atoms with Crippen LogP contribution in [0.25, 0.3) is 17.0 Å². The third-order valence-corrected chi connectivity index (χ3v) is 8.15. The van der Waals surface area contributed by atoms with Gasteiger partial charge in [-0.1, -0.05) is 0 Å². The lowest BCUT2D eigenvalue weighted by Crippen LogP contribution is -2.54. The van der Waals surface area contributed by atoms with Crippen LogP contribution in [-0.4, -0.2) is 51.9 Å². The van der Waals surface area contributed by atoms with Crippen molar-refractivity contribution in [1.29, 1.82) is 0 Å². The van der Waals surface area contributed by atoms with Gasteiger partial charge in [-0.05, 0) is 85.8 Å². The van der Waals surface area contributed by atoms with Crippen molar-refractivity contribution < 1.29 is 22.8 Å². The number of piperidine rings is 1. The molecule has 3 aromatic rings. The number of hydrogen-bond donors (Lipinski definition) is 3. The first kappa shape index (κ1) is 26.9. The fraction of sp³-hybridized carbons (Fsp3) is 0.414. The minimum atomic E-state index is -1.54. The van der Waals surface area contributed by atoms with Crippen LogP contribution in [0.1, 0.15) is 55.6 Å². The first-order valence-corrected chi connectivity index (χ1v) is 13.4. The number of likely N-dealkylation sites (tertiary alicyclic amines) is 1. The molecule has 1 saturated carbocycles. The Morgan fingerprint density at radius 1 is 1.08 bits per heavy atom. The van der Waals surface area contributed by atoms with Gasteiger partial charge in [0.2, 0.25) is 11.8 Å². The highest BCUT2D eigenvalue weighted by molar-refractivity contribution is 5.92. The van der Waals surface area contributed by atoms with Crippen LogP contribution in [0.2, 0.25) is 0 Å². The van der Waals surface area contributed by atoms with Crippen LogP contribution in [0, 0.1) is 23.4 Å². The maximum Gasteiger partial charge on any atom is 0.246 e. The van der Waals surface area contributed by atoms with Gasteiger partial charge in [-0.2, -0.15) is 0 Å². The number of carbonyl (C=O) groups excluding carboxylic acids is 2. The molecule has 2 aliphatic rings. The lowest BCUT2D eigenvalue weighted by atomic mass is 9.80. The number of nitrogens with two attached hydrogens (primary N) is 1. The SMILES string of the molecule is NC(=O)[C@H](N[C@H]1CC[C@H](c2c[nH]c3ccncc32)CC1)C1CCN(C(=O)/C=C/c2cc(F)c(F)c(F)c2)CC1. The molecule has 206 valence electrons. The molecule has 7 nitrogen and oxygen atoms in total. The molecular weight excluding hydrogens is 507 g/mol. The van der Waals surface area contributed by atoms with E-state index >= 15 is 0 Å². The summed E-state index contributed by atoms with van der Waals surface area (Å²) in [6.45, 7) is 0.875. The van der Waals surface area contributed by atoms with Gasteiger partial charge in [0.1, 0.15) is 0 Å². The number of hydrogen-bond acceptors (Lipinski definition) is 4. The number of aromatic nitrogens is 2. The van der Waals surface area contributed by atoms with E-state index in [9.17, 15) is 22.8 Å². The maximum atomic E-state index is 13.4.